The van der Waals surface area contributed by atoms with Crippen LogP contribution in [0.1, 0.15) is 12.0 Å². The predicted octanol–water partition coefficient (Wildman–Crippen LogP) is 2.39. The summed E-state index contributed by atoms with van der Waals surface area (Å²) in [5.41, 5.74) is 0.415. The molecule has 4 amide bonds. The fraction of sp³-hybridized carbons (Fsp3) is 0.250. The van der Waals surface area contributed by atoms with Crippen LogP contribution in [-0.4, -0.2) is 42.9 Å². The molecular formula is C20H21F3N4O3. The molecule has 3 N–H and O–H groups in total. The van der Waals surface area contributed by atoms with E-state index in [4.69, 9.17) is 0 Å². The average molecular weight is 422 g/mol. The molecule has 0 saturated heterocycles. The van der Waals surface area contributed by atoms with Crippen molar-refractivity contribution >= 4 is 23.5 Å². The average Bonchev–Trinajstić information content (AvgIpc) is 2.73. The first-order valence-electron chi connectivity index (χ1n) is 9.01. The minimum atomic E-state index is -1.70. The molecule has 0 aliphatic rings. The molecule has 2 aromatic rings. The van der Waals surface area contributed by atoms with E-state index < -0.39 is 41.5 Å². The Kier molecular flexibility index (Phi) is 8.21. The van der Waals surface area contributed by atoms with Gasteiger partial charge in [0.05, 0.1) is 12.2 Å². The van der Waals surface area contributed by atoms with Crippen LogP contribution in [0.25, 0.3) is 0 Å². The molecule has 0 aliphatic carbocycles. The van der Waals surface area contributed by atoms with Crippen molar-refractivity contribution in [1.82, 2.24) is 15.5 Å². The topological polar surface area (TPSA) is 90.5 Å². The maximum atomic E-state index is 13.5. The number of nitrogens with one attached hydrogen (secondary N) is 3. The molecule has 0 heterocycles. The van der Waals surface area contributed by atoms with E-state index in [1.165, 1.54) is 4.90 Å². The highest BCUT2D eigenvalue weighted by Gasteiger charge is 2.15. The van der Waals surface area contributed by atoms with Gasteiger partial charge in [-0.05, 0) is 17.7 Å². The molecule has 2 aromatic carbocycles. The first-order valence-corrected chi connectivity index (χ1v) is 9.01. The summed E-state index contributed by atoms with van der Waals surface area (Å²) >= 11 is 0. The van der Waals surface area contributed by atoms with Crippen LogP contribution in [0, 0.1) is 17.5 Å². The van der Waals surface area contributed by atoms with Crippen molar-refractivity contribution in [3.63, 3.8) is 0 Å². The maximum absolute atomic E-state index is 13.5. The quantitative estimate of drug-likeness (QED) is 0.571. The van der Waals surface area contributed by atoms with Crippen LogP contribution in [0.4, 0.5) is 23.7 Å². The van der Waals surface area contributed by atoms with Gasteiger partial charge in [0.2, 0.25) is 11.8 Å². The number of carbonyl (C=O) groups excluding carboxylic acids is 3. The largest absolute Gasteiger partial charge is 0.347 e. The number of amides is 4. The molecule has 0 aromatic heterocycles. The number of carbonyl (C=O) groups is 3. The Hall–Kier alpha value is -3.56. The number of benzene rings is 2. The molecule has 30 heavy (non-hydrogen) atoms. The van der Waals surface area contributed by atoms with Crippen LogP contribution in [0.3, 0.4) is 0 Å². The summed E-state index contributed by atoms with van der Waals surface area (Å²) in [6, 6.07) is 10.5. The lowest BCUT2D eigenvalue weighted by Crippen LogP contribution is -2.39. The van der Waals surface area contributed by atoms with Crippen LogP contribution >= 0.6 is 0 Å². The normalized spacial score (nSPS) is 10.3. The highest BCUT2D eigenvalue weighted by Crippen LogP contribution is 2.19. The fourth-order valence-electron chi connectivity index (χ4n) is 2.43. The zero-order valence-corrected chi connectivity index (χ0v) is 16.2. The van der Waals surface area contributed by atoms with Gasteiger partial charge in [-0.1, -0.05) is 30.3 Å². The lowest BCUT2D eigenvalue weighted by atomic mass is 10.2. The molecule has 2 rings (SSSR count). The molecule has 0 fully saturated rings. The van der Waals surface area contributed by atoms with E-state index in [1.54, 1.807) is 7.05 Å². The minimum absolute atomic E-state index is 0.0449. The van der Waals surface area contributed by atoms with Gasteiger partial charge in [-0.2, -0.15) is 0 Å². The van der Waals surface area contributed by atoms with Gasteiger partial charge in [0, 0.05) is 26.6 Å². The number of urea groups is 1. The van der Waals surface area contributed by atoms with Crippen LogP contribution in [0.15, 0.2) is 42.5 Å². The summed E-state index contributed by atoms with van der Waals surface area (Å²) in [6.45, 7) is -0.0536. The van der Waals surface area contributed by atoms with E-state index in [-0.39, 0.29) is 19.0 Å². The highest BCUT2D eigenvalue weighted by atomic mass is 19.2. The summed E-state index contributed by atoms with van der Waals surface area (Å²) < 4.78 is 39.5. The number of rotatable bonds is 8. The van der Waals surface area contributed by atoms with E-state index in [2.05, 4.69) is 10.6 Å². The Morgan fingerprint density at radius 2 is 1.60 bits per heavy atom. The zero-order valence-electron chi connectivity index (χ0n) is 16.2. The summed E-state index contributed by atoms with van der Waals surface area (Å²) in [7, 11) is 1.62. The van der Waals surface area contributed by atoms with E-state index in [0.29, 0.717) is 12.6 Å². The van der Waals surface area contributed by atoms with Crippen LogP contribution < -0.4 is 16.0 Å². The number of anilines is 1. The monoisotopic (exact) mass is 422 g/mol. The zero-order chi connectivity index (χ0) is 22.1. The number of nitrogens with zero attached hydrogens (tertiary/aromatic N) is 1. The number of halogens is 3. The van der Waals surface area contributed by atoms with Crippen molar-refractivity contribution in [3.05, 3.63) is 65.5 Å². The number of hydrogen-bond acceptors (Lipinski definition) is 3. The van der Waals surface area contributed by atoms with Gasteiger partial charge in [0.1, 0.15) is 0 Å². The Morgan fingerprint density at radius 1 is 0.900 bits per heavy atom. The molecule has 160 valence electrons. The fourth-order valence-corrected chi connectivity index (χ4v) is 2.43. The molecule has 0 radical (unpaired) electrons. The molecule has 0 saturated carbocycles. The number of hydrogen-bond donors (Lipinski definition) is 3. The first-order chi connectivity index (χ1) is 14.3. The van der Waals surface area contributed by atoms with Gasteiger partial charge >= 0.3 is 6.03 Å². The molecule has 0 atom stereocenters. The van der Waals surface area contributed by atoms with Crippen LogP contribution in [0.5, 0.6) is 0 Å². The third-order valence-electron chi connectivity index (χ3n) is 3.99. The molecular weight excluding hydrogens is 401 g/mol. The highest BCUT2D eigenvalue weighted by molar-refractivity contribution is 5.94. The van der Waals surface area contributed by atoms with Crippen molar-refractivity contribution in [1.29, 1.82) is 0 Å². The molecule has 0 bridgehead atoms. The molecule has 7 nitrogen and oxygen atoms in total. The Labute approximate surface area is 171 Å². The molecule has 0 aliphatic heterocycles. The summed E-state index contributed by atoms with van der Waals surface area (Å²) in [5, 5.41) is 6.90. The predicted molar refractivity (Wildman–Crippen MR) is 104 cm³/mol. The van der Waals surface area contributed by atoms with Crippen molar-refractivity contribution in [2.24, 2.45) is 0 Å². The van der Waals surface area contributed by atoms with Gasteiger partial charge < -0.3 is 20.9 Å². The second-order valence-corrected chi connectivity index (χ2v) is 6.37. The minimum Gasteiger partial charge on any atom is -0.347 e. The van der Waals surface area contributed by atoms with E-state index in [1.807, 2.05) is 35.6 Å². The van der Waals surface area contributed by atoms with Gasteiger partial charge in [0.25, 0.3) is 0 Å². The molecule has 0 spiro atoms. The summed E-state index contributed by atoms with van der Waals surface area (Å²) in [5.74, 6) is -5.96. The van der Waals surface area contributed by atoms with Gasteiger partial charge in [0.15, 0.2) is 17.5 Å². The van der Waals surface area contributed by atoms with E-state index in [9.17, 15) is 27.6 Å². The van der Waals surface area contributed by atoms with Crippen LogP contribution in [0.2, 0.25) is 0 Å². The Balaban J connectivity index is 1.67. The Bertz CT molecular complexity index is 910. The smallest absolute Gasteiger partial charge is 0.317 e. The standard InChI is InChI=1S/C20H21F3N4O3/c1-27(12-13-5-3-2-4-6-13)20(30)24-10-9-16(28)25-11-17(29)26-15-8-7-14(21)18(22)19(15)23/h2-8H,9-12H2,1H3,(H,24,30)(H,25,28)(H,26,29). The second-order valence-electron chi connectivity index (χ2n) is 6.37. The lowest BCUT2D eigenvalue weighted by Gasteiger charge is -2.18. The van der Waals surface area contributed by atoms with Crippen molar-refractivity contribution in [2.45, 2.75) is 13.0 Å². The van der Waals surface area contributed by atoms with Gasteiger partial charge in [-0.25, -0.2) is 18.0 Å². The Morgan fingerprint density at radius 3 is 2.30 bits per heavy atom. The first kappa shape index (κ1) is 22.7. The third-order valence-corrected chi connectivity index (χ3v) is 3.99. The van der Waals surface area contributed by atoms with Crippen molar-refractivity contribution in [2.75, 3.05) is 25.5 Å². The summed E-state index contributed by atoms with van der Waals surface area (Å²) in [6.07, 6.45) is -0.0856. The third kappa shape index (κ3) is 6.80. The van der Waals surface area contributed by atoms with Crippen LogP contribution in [-0.2, 0) is 16.1 Å². The van der Waals surface area contributed by atoms with Crippen molar-refractivity contribution in [3.8, 4) is 0 Å². The molecule has 0 unspecified atom stereocenters. The summed E-state index contributed by atoms with van der Waals surface area (Å²) in [4.78, 5) is 37.0. The van der Waals surface area contributed by atoms with Gasteiger partial charge in [-0.3, -0.25) is 9.59 Å². The SMILES string of the molecule is CN(Cc1ccccc1)C(=O)NCCC(=O)NCC(=O)Nc1ccc(F)c(F)c1F. The lowest BCUT2D eigenvalue weighted by molar-refractivity contribution is -0.124. The molecule has 10 heteroatoms. The maximum Gasteiger partial charge on any atom is 0.317 e. The second kappa shape index (κ2) is 10.8. The van der Waals surface area contributed by atoms with E-state index in [0.717, 1.165) is 11.6 Å². The van der Waals surface area contributed by atoms with Crippen molar-refractivity contribution < 1.29 is 27.6 Å². The van der Waals surface area contributed by atoms with Gasteiger partial charge in [-0.15, -0.1) is 0 Å². The van der Waals surface area contributed by atoms with E-state index >= 15 is 0 Å².